The first-order valence-electron chi connectivity index (χ1n) is 11.7. The highest BCUT2D eigenvalue weighted by molar-refractivity contribution is 7.89. The van der Waals surface area contributed by atoms with Gasteiger partial charge in [-0.3, -0.25) is 0 Å². The first-order valence-corrected chi connectivity index (χ1v) is 13.2. The number of carbonyl (C=O) groups is 1. The van der Waals surface area contributed by atoms with Crippen molar-refractivity contribution in [3.8, 4) is 0 Å². The zero-order valence-electron chi connectivity index (χ0n) is 21.1. The van der Waals surface area contributed by atoms with Crippen LogP contribution in [0.3, 0.4) is 0 Å². The molecular weight excluding hydrogens is 495 g/mol. The van der Waals surface area contributed by atoms with Gasteiger partial charge in [0.15, 0.2) is 6.54 Å². The van der Waals surface area contributed by atoms with E-state index in [1.165, 1.54) is 6.07 Å². The van der Waals surface area contributed by atoms with Gasteiger partial charge >= 0.3 is 12.1 Å². The van der Waals surface area contributed by atoms with Crippen molar-refractivity contribution >= 4 is 27.8 Å². The zero-order chi connectivity index (χ0) is 27.3. The summed E-state index contributed by atoms with van der Waals surface area (Å²) in [5, 5.41) is 9.42. The molecule has 1 aromatic rings. The molecular formula is C25H35F3N3O4S+. The minimum atomic E-state index is -4.75. The molecule has 36 heavy (non-hydrogen) atoms. The van der Waals surface area contributed by atoms with E-state index in [1.54, 1.807) is 12.2 Å². The van der Waals surface area contributed by atoms with Crippen molar-refractivity contribution in [1.82, 2.24) is 4.72 Å². The number of ether oxygens (including phenoxy) is 1. The van der Waals surface area contributed by atoms with Crippen molar-refractivity contribution in [2.24, 2.45) is 5.41 Å². The largest absolute Gasteiger partial charge is 0.462 e. The Morgan fingerprint density at radius 1 is 1.28 bits per heavy atom. The molecule has 7 nitrogen and oxygen atoms in total. The van der Waals surface area contributed by atoms with Gasteiger partial charge < -0.3 is 15.5 Å². The second-order valence-corrected chi connectivity index (χ2v) is 11.7. The Balaban J connectivity index is 2.42. The van der Waals surface area contributed by atoms with Gasteiger partial charge in [0, 0.05) is 18.2 Å². The third-order valence-corrected chi connectivity index (χ3v) is 7.11. The number of alkyl halides is 3. The van der Waals surface area contributed by atoms with Gasteiger partial charge in [0.2, 0.25) is 10.0 Å². The average molecular weight is 531 g/mol. The summed E-state index contributed by atoms with van der Waals surface area (Å²) < 4.78 is 74.9. The van der Waals surface area contributed by atoms with Gasteiger partial charge in [0.05, 0.1) is 23.1 Å². The first-order chi connectivity index (χ1) is 16.6. The number of hydrogen-bond acceptors (Lipinski definition) is 5. The molecule has 0 saturated carbocycles. The van der Waals surface area contributed by atoms with Gasteiger partial charge in [0.25, 0.3) is 0 Å². The maximum atomic E-state index is 13.6. The average Bonchev–Trinajstić information content (AvgIpc) is 2.75. The maximum absolute atomic E-state index is 13.6. The molecule has 1 aromatic carbocycles. The van der Waals surface area contributed by atoms with E-state index < -0.39 is 38.7 Å². The molecule has 0 heterocycles. The van der Waals surface area contributed by atoms with Crippen LogP contribution >= 0.6 is 0 Å². The van der Waals surface area contributed by atoms with E-state index in [4.69, 9.17) is 10.1 Å². The van der Waals surface area contributed by atoms with Crippen LogP contribution in [0.15, 0.2) is 40.9 Å². The standard InChI is InChI=1S/C25H34F3N3O4S/c1-6-35-23(32)15-30-21-8-7-9-22(20(21)14-29)31-36(33,34)19-11-17(16(2)13-24(3,4)5)10-18(12-19)25(26,27)28/h10-12,14,22,29-31H,2,6-9,13,15H2,1,3-5H3/p+1. The van der Waals surface area contributed by atoms with Crippen molar-refractivity contribution in [3.63, 3.8) is 0 Å². The molecule has 0 spiro atoms. The normalized spacial score (nSPS) is 17.1. The van der Waals surface area contributed by atoms with Crippen LogP contribution in [0.4, 0.5) is 13.2 Å². The fraction of sp³-hybridized carbons (Fsp3) is 0.520. The second-order valence-electron chi connectivity index (χ2n) is 9.99. The lowest BCUT2D eigenvalue weighted by atomic mass is 9.85. The topological polar surface area (TPSA) is 113 Å². The fourth-order valence-corrected chi connectivity index (χ4v) is 5.42. The van der Waals surface area contributed by atoms with Crippen LogP contribution in [0.2, 0.25) is 0 Å². The minimum absolute atomic E-state index is 0.0210. The van der Waals surface area contributed by atoms with Crippen LogP contribution in [-0.4, -0.2) is 39.8 Å². The molecule has 0 fully saturated rings. The lowest BCUT2D eigenvalue weighted by Crippen LogP contribution is -2.85. The van der Waals surface area contributed by atoms with E-state index in [9.17, 15) is 26.4 Å². The molecule has 1 aliphatic rings. The molecule has 2 rings (SSSR count). The predicted octanol–water partition coefficient (Wildman–Crippen LogP) is 4.02. The van der Waals surface area contributed by atoms with Crippen LogP contribution in [0.5, 0.6) is 0 Å². The Kier molecular flexibility index (Phi) is 9.66. The highest BCUT2D eigenvalue weighted by atomic mass is 32.2. The highest BCUT2D eigenvalue weighted by Crippen LogP contribution is 2.36. The minimum Gasteiger partial charge on any atom is -0.462 e. The number of carbonyl (C=O) groups excluding carboxylic acids is 1. The molecule has 0 aromatic heterocycles. The van der Waals surface area contributed by atoms with Gasteiger partial charge in [0.1, 0.15) is 5.70 Å². The Bertz CT molecular complexity index is 1140. The number of allylic oxidation sites excluding steroid dienone is 2. The number of halogens is 3. The Morgan fingerprint density at radius 3 is 2.50 bits per heavy atom. The highest BCUT2D eigenvalue weighted by Gasteiger charge is 2.34. The number of rotatable bonds is 10. The Morgan fingerprint density at radius 2 is 1.94 bits per heavy atom. The number of sulfonamides is 1. The third-order valence-electron chi connectivity index (χ3n) is 5.65. The number of nitrogens with two attached hydrogens (primary N) is 1. The van der Waals surface area contributed by atoms with Gasteiger partial charge in [-0.1, -0.05) is 27.4 Å². The summed E-state index contributed by atoms with van der Waals surface area (Å²) >= 11 is 0. The monoisotopic (exact) mass is 530 g/mol. The van der Waals surface area contributed by atoms with Crippen LogP contribution < -0.4 is 10.0 Å². The summed E-state index contributed by atoms with van der Waals surface area (Å²) in [6.07, 6.45) is -1.86. The van der Waals surface area contributed by atoms with Crippen molar-refractivity contribution in [2.45, 2.75) is 70.5 Å². The predicted molar refractivity (Wildman–Crippen MR) is 132 cm³/mol. The molecule has 0 saturated heterocycles. The Labute approximate surface area is 210 Å². The van der Waals surface area contributed by atoms with Gasteiger partial charge in [-0.25, -0.2) is 17.9 Å². The lowest BCUT2D eigenvalue weighted by Gasteiger charge is -2.26. The number of nitrogens with one attached hydrogen (secondary N) is 2. The summed E-state index contributed by atoms with van der Waals surface area (Å²) in [7, 11) is -4.38. The molecule has 1 unspecified atom stereocenters. The molecule has 11 heteroatoms. The molecule has 0 radical (unpaired) electrons. The van der Waals surface area contributed by atoms with Gasteiger partial charge in [-0.05, 0) is 60.9 Å². The summed E-state index contributed by atoms with van der Waals surface area (Å²) in [6, 6.07) is 1.92. The van der Waals surface area contributed by atoms with Crippen LogP contribution in [0.25, 0.3) is 5.57 Å². The zero-order valence-corrected chi connectivity index (χ0v) is 21.9. The van der Waals surface area contributed by atoms with E-state index in [-0.39, 0.29) is 24.1 Å². The molecule has 4 N–H and O–H groups in total. The SMILES string of the molecule is C=C(CC(C)(C)C)c1cc(C(F)(F)F)cc(S(=O)(=O)NC2CCCC([NH2+]CC(=O)OCC)=C2C=N)c1. The summed E-state index contributed by atoms with van der Waals surface area (Å²) in [4.78, 5) is 11.2. The van der Waals surface area contributed by atoms with E-state index in [1.807, 2.05) is 20.8 Å². The van der Waals surface area contributed by atoms with E-state index in [0.29, 0.717) is 48.6 Å². The van der Waals surface area contributed by atoms with Crippen molar-refractivity contribution in [2.75, 3.05) is 13.2 Å². The van der Waals surface area contributed by atoms with Crippen LogP contribution in [0, 0.1) is 10.8 Å². The van der Waals surface area contributed by atoms with Crippen LogP contribution in [0.1, 0.15) is 64.5 Å². The molecule has 0 aliphatic heterocycles. The molecule has 1 atom stereocenters. The van der Waals surface area contributed by atoms with Gasteiger partial charge in [-0.15, -0.1) is 0 Å². The summed E-state index contributed by atoms with van der Waals surface area (Å²) in [5.74, 6) is -0.441. The summed E-state index contributed by atoms with van der Waals surface area (Å²) in [6.45, 7) is 11.5. The third kappa shape index (κ3) is 8.28. The summed E-state index contributed by atoms with van der Waals surface area (Å²) in [5.41, 5.74) is 0.183. The number of esters is 1. The molecule has 1 aliphatic carbocycles. The van der Waals surface area contributed by atoms with Crippen molar-refractivity contribution < 1.29 is 36.4 Å². The van der Waals surface area contributed by atoms with E-state index in [0.717, 1.165) is 12.3 Å². The van der Waals surface area contributed by atoms with Crippen molar-refractivity contribution in [1.29, 1.82) is 5.41 Å². The maximum Gasteiger partial charge on any atom is 0.416 e. The van der Waals surface area contributed by atoms with Crippen molar-refractivity contribution in [3.05, 3.63) is 47.2 Å². The molecule has 0 bridgehead atoms. The number of benzene rings is 1. The van der Waals surface area contributed by atoms with Gasteiger partial charge in [-0.2, -0.15) is 13.2 Å². The lowest BCUT2D eigenvalue weighted by molar-refractivity contribution is -0.600. The Hall–Kier alpha value is -2.50. The fourth-order valence-electron chi connectivity index (χ4n) is 4.10. The first kappa shape index (κ1) is 29.7. The quantitative estimate of drug-likeness (QED) is 0.313. The number of quaternary nitrogens is 1. The molecule has 200 valence electrons. The second kappa shape index (κ2) is 11.7. The molecule has 0 amide bonds. The van der Waals surface area contributed by atoms with E-state index >= 15 is 0 Å². The van der Waals surface area contributed by atoms with Crippen LogP contribution in [-0.2, 0) is 25.7 Å². The smallest absolute Gasteiger partial charge is 0.416 e. The number of hydrogen-bond donors (Lipinski definition) is 3. The van der Waals surface area contributed by atoms with E-state index in [2.05, 4.69) is 11.3 Å².